The minimum atomic E-state index is -0.653. The average Bonchev–Trinajstić information content (AvgIpc) is 3.34. The number of thiazole rings is 1. The molecule has 4 aromatic rings. The standard InChI is InChI=1S/C20H19N5O2S/c1-13(2)18(25-23-19(22-24-25)14-8-4-3-5-9-14)20(26)27-12-17-21-15-10-6-7-11-16(15)28-17/h3-11,13,18H,12H2,1-2H3. The van der Waals surface area contributed by atoms with E-state index in [9.17, 15) is 4.79 Å². The van der Waals surface area contributed by atoms with Crippen molar-refractivity contribution in [1.82, 2.24) is 25.2 Å². The van der Waals surface area contributed by atoms with E-state index in [1.54, 1.807) is 0 Å². The van der Waals surface area contributed by atoms with Gasteiger partial charge >= 0.3 is 5.97 Å². The maximum absolute atomic E-state index is 12.7. The fourth-order valence-electron chi connectivity index (χ4n) is 2.88. The number of esters is 1. The first-order chi connectivity index (χ1) is 13.6. The Balaban J connectivity index is 1.49. The summed E-state index contributed by atoms with van der Waals surface area (Å²) in [6.45, 7) is 3.98. The fraction of sp³-hybridized carbons (Fsp3) is 0.250. The first-order valence-electron chi connectivity index (χ1n) is 8.98. The molecule has 4 rings (SSSR count). The molecule has 0 N–H and O–H groups in total. The second kappa shape index (κ2) is 7.85. The molecule has 0 aliphatic carbocycles. The Morgan fingerprint density at radius 2 is 1.86 bits per heavy atom. The molecule has 0 amide bonds. The van der Waals surface area contributed by atoms with Gasteiger partial charge in [-0.05, 0) is 23.3 Å². The lowest BCUT2D eigenvalue weighted by Crippen LogP contribution is -2.28. The van der Waals surface area contributed by atoms with Gasteiger partial charge in [-0.3, -0.25) is 0 Å². The molecule has 2 aromatic carbocycles. The van der Waals surface area contributed by atoms with Gasteiger partial charge < -0.3 is 4.74 Å². The quantitative estimate of drug-likeness (QED) is 0.462. The minimum Gasteiger partial charge on any atom is -0.457 e. The highest BCUT2D eigenvalue weighted by Gasteiger charge is 2.29. The van der Waals surface area contributed by atoms with E-state index in [-0.39, 0.29) is 12.5 Å². The largest absolute Gasteiger partial charge is 0.457 e. The Bertz CT molecular complexity index is 1060. The molecule has 0 aliphatic rings. The predicted octanol–water partition coefficient (Wildman–Crippen LogP) is 3.89. The summed E-state index contributed by atoms with van der Waals surface area (Å²) < 4.78 is 6.60. The highest BCUT2D eigenvalue weighted by atomic mass is 32.1. The molecule has 2 aromatic heterocycles. The normalized spacial score (nSPS) is 12.4. The predicted molar refractivity (Wildman–Crippen MR) is 107 cm³/mol. The van der Waals surface area contributed by atoms with Crippen LogP contribution in [0.5, 0.6) is 0 Å². The molecule has 0 fully saturated rings. The van der Waals surface area contributed by atoms with Gasteiger partial charge in [-0.2, -0.15) is 0 Å². The topological polar surface area (TPSA) is 82.8 Å². The van der Waals surface area contributed by atoms with Gasteiger partial charge in [-0.1, -0.05) is 56.3 Å². The van der Waals surface area contributed by atoms with Crippen LogP contribution in [0.25, 0.3) is 21.6 Å². The lowest BCUT2D eigenvalue weighted by atomic mass is 10.1. The van der Waals surface area contributed by atoms with Crippen LogP contribution in [0.3, 0.4) is 0 Å². The number of hydrogen-bond donors (Lipinski definition) is 0. The first-order valence-corrected chi connectivity index (χ1v) is 9.79. The third-order valence-corrected chi connectivity index (χ3v) is 5.27. The molecule has 28 heavy (non-hydrogen) atoms. The maximum atomic E-state index is 12.7. The Morgan fingerprint density at radius 3 is 2.61 bits per heavy atom. The van der Waals surface area contributed by atoms with Crippen molar-refractivity contribution in [1.29, 1.82) is 0 Å². The van der Waals surface area contributed by atoms with Gasteiger partial charge in [0.05, 0.1) is 10.2 Å². The summed E-state index contributed by atoms with van der Waals surface area (Å²) in [4.78, 5) is 18.6. The van der Waals surface area contributed by atoms with Crippen LogP contribution in [0.1, 0.15) is 24.9 Å². The van der Waals surface area contributed by atoms with Crippen LogP contribution in [0.2, 0.25) is 0 Å². The third kappa shape index (κ3) is 3.77. The molecule has 142 valence electrons. The number of tetrazole rings is 1. The summed E-state index contributed by atoms with van der Waals surface area (Å²) in [6, 6.07) is 16.7. The number of para-hydroxylation sites is 1. The number of ether oxygens (including phenoxy) is 1. The summed E-state index contributed by atoms with van der Waals surface area (Å²) >= 11 is 1.52. The van der Waals surface area contributed by atoms with Crippen LogP contribution in [0, 0.1) is 5.92 Å². The van der Waals surface area contributed by atoms with Crippen molar-refractivity contribution >= 4 is 27.5 Å². The Hall–Kier alpha value is -3.13. The molecule has 0 spiro atoms. The van der Waals surface area contributed by atoms with E-state index < -0.39 is 12.0 Å². The van der Waals surface area contributed by atoms with Gasteiger partial charge in [-0.25, -0.2) is 9.78 Å². The van der Waals surface area contributed by atoms with Crippen molar-refractivity contribution in [2.24, 2.45) is 5.92 Å². The summed E-state index contributed by atoms with van der Waals surface area (Å²) in [7, 11) is 0. The van der Waals surface area contributed by atoms with Crippen molar-refractivity contribution in [2.45, 2.75) is 26.5 Å². The van der Waals surface area contributed by atoms with E-state index in [2.05, 4.69) is 20.4 Å². The van der Waals surface area contributed by atoms with Crippen LogP contribution < -0.4 is 0 Å². The summed E-state index contributed by atoms with van der Waals surface area (Å²) in [5.74, 6) is 0.0252. The monoisotopic (exact) mass is 393 g/mol. The fourth-order valence-corrected chi connectivity index (χ4v) is 3.76. The van der Waals surface area contributed by atoms with Gasteiger partial charge in [0.25, 0.3) is 0 Å². The molecule has 7 nitrogen and oxygen atoms in total. The molecular formula is C20H19N5O2S. The highest BCUT2D eigenvalue weighted by Crippen LogP contribution is 2.24. The maximum Gasteiger partial charge on any atom is 0.333 e. The Kier molecular flexibility index (Phi) is 5.12. The average molecular weight is 393 g/mol. The number of carbonyl (C=O) groups excluding carboxylic acids is 1. The zero-order valence-corrected chi connectivity index (χ0v) is 16.3. The number of carbonyl (C=O) groups is 1. The lowest BCUT2D eigenvalue weighted by molar-refractivity contribution is -0.151. The van der Waals surface area contributed by atoms with E-state index in [0.717, 1.165) is 20.8 Å². The third-order valence-electron chi connectivity index (χ3n) is 4.26. The zero-order chi connectivity index (χ0) is 19.5. The molecule has 1 atom stereocenters. The van der Waals surface area contributed by atoms with Crippen molar-refractivity contribution in [3.63, 3.8) is 0 Å². The SMILES string of the molecule is CC(C)C(C(=O)OCc1nc2ccccc2s1)n1nnc(-c2ccccc2)n1. The van der Waals surface area contributed by atoms with Crippen LogP contribution in [-0.4, -0.2) is 31.2 Å². The van der Waals surface area contributed by atoms with E-state index >= 15 is 0 Å². The second-order valence-corrected chi connectivity index (χ2v) is 7.79. The van der Waals surface area contributed by atoms with Crippen LogP contribution in [0.15, 0.2) is 54.6 Å². The molecule has 2 heterocycles. The first kappa shape index (κ1) is 18.2. The van der Waals surface area contributed by atoms with Crippen LogP contribution >= 0.6 is 11.3 Å². The van der Waals surface area contributed by atoms with Crippen molar-refractivity contribution < 1.29 is 9.53 Å². The molecule has 0 saturated carbocycles. The molecule has 0 aliphatic heterocycles. The zero-order valence-electron chi connectivity index (χ0n) is 15.5. The highest BCUT2D eigenvalue weighted by molar-refractivity contribution is 7.18. The van der Waals surface area contributed by atoms with Crippen molar-refractivity contribution in [2.75, 3.05) is 0 Å². The number of aromatic nitrogens is 5. The Morgan fingerprint density at radius 1 is 1.11 bits per heavy atom. The molecule has 0 radical (unpaired) electrons. The summed E-state index contributed by atoms with van der Waals surface area (Å²) in [5.41, 5.74) is 1.75. The number of fused-ring (bicyclic) bond motifs is 1. The molecule has 1 unspecified atom stereocenters. The number of rotatable bonds is 6. The van der Waals surface area contributed by atoms with E-state index in [1.165, 1.54) is 16.1 Å². The summed E-state index contributed by atoms with van der Waals surface area (Å²) in [6.07, 6.45) is 0. The molecule has 8 heteroatoms. The van der Waals surface area contributed by atoms with Gasteiger partial charge in [0, 0.05) is 5.56 Å². The van der Waals surface area contributed by atoms with Crippen LogP contribution in [0.4, 0.5) is 0 Å². The molecule has 0 saturated heterocycles. The number of hydrogen-bond acceptors (Lipinski definition) is 7. The van der Waals surface area contributed by atoms with Gasteiger partial charge in [-0.15, -0.1) is 26.3 Å². The van der Waals surface area contributed by atoms with E-state index in [0.29, 0.717) is 5.82 Å². The van der Waals surface area contributed by atoms with Gasteiger partial charge in [0.1, 0.15) is 11.6 Å². The Labute approximate surface area is 166 Å². The van der Waals surface area contributed by atoms with Crippen molar-refractivity contribution in [3.8, 4) is 11.4 Å². The number of benzene rings is 2. The minimum absolute atomic E-state index is 0.0549. The van der Waals surface area contributed by atoms with Crippen molar-refractivity contribution in [3.05, 3.63) is 59.6 Å². The summed E-state index contributed by atoms with van der Waals surface area (Å²) in [5, 5.41) is 13.3. The van der Waals surface area contributed by atoms with Gasteiger partial charge in [0.15, 0.2) is 6.04 Å². The van der Waals surface area contributed by atoms with Crippen LogP contribution in [-0.2, 0) is 16.1 Å². The smallest absolute Gasteiger partial charge is 0.333 e. The van der Waals surface area contributed by atoms with E-state index in [1.807, 2.05) is 68.4 Å². The molecule has 0 bridgehead atoms. The second-order valence-electron chi connectivity index (χ2n) is 6.67. The van der Waals surface area contributed by atoms with E-state index in [4.69, 9.17) is 4.74 Å². The lowest BCUT2D eigenvalue weighted by Gasteiger charge is -2.17. The van der Waals surface area contributed by atoms with Gasteiger partial charge in [0.2, 0.25) is 5.82 Å². The molecular weight excluding hydrogens is 374 g/mol. The number of nitrogens with zero attached hydrogens (tertiary/aromatic N) is 5.